The molecule has 0 fully saturated rings. The molecule has 0 heterocycles. The Labute approximate surface area is 114 Å². The molecule has 0 spiro atoms. The fourth-order valence-corrected chi connectivity index (χ4v) is 2.08. The van der Waals surface area contributed by atoms with Crippen LogP contribution < -0.4 is 5.32 Å². The topological polar surface area (TPSA) is 29.1 Å². The second-order valence-electron chi connectivity index (χ2n) is 4.71. The number of nitrogens with one attached hydrogen (secondary N) is 1. The summed E-state index contributed by atoms with van der Waals surface area (Å²) < 4.78 is 0. The van der Waals surface area contributed by atoms with E-state index in [1.807, 2.05) is 62.5 Å². The predicted octanol–water partition coefficient (Wildman–Crippen LogP) is 2.99. The maximum absolute atomic E-state index is 12.5. The van der Waals surface area contributed by atoms with Gasteiger partial charge in [-0.05, 0) is 32.5 Å². The molecule has 2 rings (SSSR count). The molecule has 0 aliphatic carbocycles. The molecule has 2 aromatic carbocycles. The summed E-state index contributed by atoms with van der Waals surface area (Å²) in [5.74, 6) is 0.103. The molecule has 2 nitrogen and oxygen atoms in total. The highest BCUT2D eigenvalue weighted by Gasteiger charge is 2.12. The number of likely N-dealkylation sites (N-methyl/N-ethyl adjacent to an activating group) is 1. The molecule has 1 N–H and O–H groups in total. The lowest BCUT2D eigenvalue weighted by molar-refractivity contribution is 0.103. The van der Waals surface area contributed by atoms with Gasteiger partial charge in [-0.25, -0.2) is 0 Å². The molecule has 0 saturated heterocycles. The molecule has 0 saturated carbocycles. The zero-order chi connectivity index (χ0) is 13.7. The van der Waals surface area contributed by atoms with Gasteiger partial charge in [0.25, 0.3) is 0 Å². The van der Waals surface area contributed by atoms with Crippen molar-refractivity contribution in [3.05, 3.63) is 70.8 Å². The predicted molar refractivity (Wildman–Crippen MR) is 78.7 cm³/mol. The Morgan fingerprint density at radius 3 is 2.42 bits per heavy atom. The van der Waals surface area contributed by atoms with Gasteiger partial charge >= 0.3 is 0 Å². The van der Waals surface area contributed by atoms with Crippen LogP contribution >= 0.6 is 0 Å². The van der Waals surface area contributed by atoms with Gasteiger partial charge in [0.2, 0.25) is 0 Å². The molecular weight excluding hydrogens is 234 g/mol. The number of hydrogen-bond donors (Lipinski definition) is 1. The van der Waals surface area contributed by atoms with E-state index in [1.54, 1.807) is 0 Å². The highest BCUT2D eigenvalue weighted by molar-refractivity contribution is 6.09. The number of carbonyl (C=O) groups is 1. The summed E-state index contributed by atoms with van der Waals surface area (Å²) in [6, 6.07) is 15.6. The van der Waals surface area contributed by atoms with Gasteiger partial charge in [-0.2, -0.15) is 0 Å². The van der Waals surface area contributed by atoms with Crippen LogP contribution in [0.5, 0.6) is 0 Å². The van der Waals surface area contributed by atoms with Gasteiger partial charge in [0.05, 0.1) is 0 Å². The molecule has 19 heavy (non-hydrogen) atoms. The number of rotatable bonds is 5. The average molecular weight is 253 g/mol. The van der Waals surface area contributed by atoms with Crippen molar-refractivity contribution in [3.8, 4) is 0 Å². The first kappa shape index (κ1) is 13.5. The quantitative estimate of drug-likeness (QED) is 0.830. The maximum Gasteiger partial charge on any atom is 0.193 e. The molecule has 98 valence electrons. The minimum absolute atomic E-state index is 0.103. The van der Waals surface area contributed by atoms with Crippen molar-refractivity contribution in [1.29, 1.82) is 0 Å². The first-order chi connectivity index (χ1) is 9.22. The Balaban J connectivity index is 2.30. The van der Waals surface area contributed by atoms with Gasteiger partial charge in [-0.15, -0.1) is 0 Å². The Hall–Kier alpha value is -1.93. The molecule has 0 atom stereocenters. The van der Waals surface area contributed by atoms with Crippen LogP contribution in [0.1, 0.15) is 27.0 Å². The molecule has 0 bridgehead atoms. The highest BCUT2D eigenvalue weighted by atomic mass is 16.1. The van der Waals surface area contributed by atoms with E-state index in [0.29, 0.717) is 0 Å². The lowest BCUT2D eigenvalue weighted by Gasteiger charge is -2.08. The van der Waals surface area contributed by atoms with Gasteiger partial charge in [0.1, 0.15) is 0 Å². The largest absolute Gasteiger partial charge is 0.319 e. The molecule has 2 aromatic rings. The van der Waals surface area contributed by atoms with Crippen LogP contribution in [0.2, 0.25) is 0 Å². The Morgan fingerprint density at radius 2 is 1.74 bits per heavy atom. The molecule has 0 aromatic heterocycles. The Kier molecular flexibility index (Phi) is 4.48. The Bertz CT molecular complexity index is 558. The van der Waals surface area contributed by atoms with Gasteiger partial charge < -0.3 is 5.32 Å². The molecule has 0 aliphatic heterocycles. The minimum Gasteiger partial charge on any atom is -0.319 e. The molecule has 0 amide bonds. The summed E-state index contributed by atoms with van der Waals surface area (Å²) in [6.07, 6.45) is 0.865. The zero-order valence-corrected chi connectivity index (χ0v) is 11.4. The fraction of sp³-hybridized carbons (Fsp3) is 0.235. The van der Waals surface area contributed by atoms with E-state index in [9.17, 15) is 4.79 Å². The van der Waals surface area contributed by atoms with Crippen LogP contribution in [0, 0.1) is 6.92 Å². The summed E-state index contributed by atoms with van der Waals surface area (Å²) in [6.45, 7) is 2.90. The smallest absolute Gasteiger partial charge is 0.193 e. The monoisotopic (exact) mass is 253 g/mol. The number of ketones is 1. The normalized spacial score (nSPS) is 10.4. The molecule has 0 radical (unpaired) electrons. The van der Waals surface area contributed by atoms with Crippen molar-refractivity contribution in [3.63, 3.8) is 0 Å². The summed E-state index contributed by atoms with van der Waals surface area (Å²) >= 11 is 0. The summed E-state index contributed by atoms with van der Waals surface area (Å²) in [7, 11) is 1.92. The lowest BCUT2D eigenvalue weighted by Crippen LogP contribution is -2.13. The van der Waals surface area contributed by atoms with E-state index in [1.165, 1.54) is 5.56 Å². The number of hydrogen-bond acceptors (Lipinski definition) is 2. The fourth-order valence-electron chi connectivity index (χ4n) is 2.08. The molecular formula is C17H19NO. The summed E-state index contributed by atoms with van der Waals surface area (Å²) in [5.41, 5.74) is 3.83. The molecule has 0 unspecified atom stereocenters. The highest BCUT2D eigenvalue weighted by Crippen LogP contribution is 2.15. The van der Waals surface area contributed by atoms with E-state index in [4.69, 9.17) is 0 Å². The van der Waals surface area contributed by atoms with Crippen LogP contribution in [0.3, 0.4) is 0 Å². The molecule has 0 aliphatic rings. The standard InChI is InChI=1S/C17H19NO/c1-13-7-9-15(10-8-13)17(19)16-6-4-3-5-14(16)11-12-18-2/h3-10,18H,11-12H2,1-2H3. The van der Waals surface area contributed by atoms with Crippen molar-refractivity contribution in [1.82, 2.24) is 5.32 Å². The third-order valence-corrected chi connectivity index (χ3v) is 3.22. The van der Waals surface area contributed by atoms with Crippen LogP contribution in [0.25, 0.3) is 0 Å². The first-order valence-corrected chi connectivity index (χ1v) is 6.56. The van der Waals surface area contributed by atoms with Crippen molar-refractivity contribution in [2.24, 2.45) is 0 Å². The first-order valence-electron chi connectivity index (χ1n) is 6.56. The third kappa shape index (κ3) is 3.30. The number of aryl methyl sites for hydroxylation is 1. The van der Waals surface area contributed by atoms with Crippen LogP contribution in [-0.2, 0) is 6.42 Å². The second-order valence-corrected chi connectivity index (χ2v) is 4.71. The van der Waals surface area contributed by atoms with Crippen LogP contribution in [0.15, 0.2) is 48.5 Å². The lowest BCUT2D eigenvalue weighted by atomic mass is 9.96. The minimum atomic E-state index is 0.103. The van der Waals surface area contributed by atoms with Gasteiger partial charge in [0, 0.05) is 11.1 Å². The number of benzene rings is 2. The van der Waals surface area contributed by atoms with E-state index in [0.717, 1.165) is 29.7 Å². The molecule has 2 heteroatoms. The van der Waals surface area contributed by atoms with E-state index in [-0.39, 0.29) is 5.78 Å². The van der Waals surface area contributed by atoms with Gasteiger partial charge in [0.15, 0.2) is 5.78 Å². The SMILES string of the molecule is CNCCc1ccccc1C(=O)c1ccc(C)cc1. The van der Waals surface area contributed by atoms with E-state index < -0.39 is 0 Å². The van der Waals surface area contributed by atoms with Crippen LogP contribution in [0.4, 0.5) is 0 Å². The van der Waals surface area contributed by atoms with Crippen molar-refractivity contribution in [2.45, 2.75) is 13.3 Å². The van der Waals surface area contributed by atoms with E-state index >= 15 is 0 Å². The second kappa shape index (κ2) is 6.30. The third-order valence-electron chi connectivity index (χ3n) is 3.22. The maximum atomic E-state index is 12.5. The van der Waals surface area contributed by atoms with Gasteiger partial charge in [-0.3, -0.25) is 4.79 Å². The van der Waals surface area contributed by atoms with Crippen molar-refractivity contribution < 1.29 is 4.79 Å². The number of carbonyl (C=O) groups excluding carboxylic acids is 1. The summed E-state index contributed by atoms with van der Waals surface area (Å²) in [4.78, 5) is 12.5. The van der Waals surface area contributed by atoms with Crippen molar-refractivity contribution >= 4 is 5.78 Å². The van der Waals surface area contributed by atoms with Crippen molar-refractivity contribution in [2.75, 3.05) is 13.6 Å². The zero-order valence-electron chi connectivity index (χ0n) is 11.4. The average Bonchev–Trinajstić information content (AvgIpc) is 2.45. The Morgan fingerprint density at radius 1 is 1.05 bits per heavy atom. The van der Waals surface area contributed by atoms with Crippen LogP contribution in [-0.4, -0.2) is 19.4 Å². The van der Waals surface area contributed by atoms with E-state index in [2.05, 4.69) is 5.32 Å². The van der Waals surface area contributed by atoms with Gasteiger partial charge in [-0.1, -0.05) is 54.1 Å². The summed E-state index contributed by atoms with van der Waals surface area (Å²) in [5, 5.41) is 3.12.